The number of halogens is 3. The third kappa shape index (κ3) is 7.41. The van der Waals surface area contributed by atoms with Crippen LogP contribution in [0.15, 0.2) is 42.9 Å². The molecule has 4 rings (SSSR count). The lowest BCUT2D eigenvalue weighted by Crippen LogP contribution is -2.60. The van der Waals surface area contributed by atoms with E-state index in [1.54, 1.807) is 29.2 Å². The molecule has 11 nitrogen and oxygen atoms in total. The van der Waals surface area contributed by atoms with Crippen molar-refractivity contribution in [2.75, 3.05) is 50.8 Å². The number of nitrogens with zero attached hydrogens (tertiary/aromatic N) is 5. The Kier molecular flexibility index (Phi) is 9.28. The maximum atomic E-state index is 13.5. The number of nitrogens with one attached hydrogen (secondary N) is 2. The molecule has 2 aliphatic rings. The molecule has 2 amide bonds. The fourth-order valence-corrected chi connectivity index (χ4v) is 4.42. The zero-order valence-electron chi connectivity index (χ0n) is 20.9. The van der Waals surface area contributed by atoms with Crippen LogP contribution >= 0.6 is 0 Å². The van der Waals surface area contributed by atoms with Crippen LogP contribution in [0.1, 0.15) is 23.7 Å². The predicted octanol–water partition coefficient (Wildman–Crippen LogP) is 1.34. The van der Waals surface area contributed by atoms with E-state index in [1.165, 1.54) is 18.6 Å². The Morgan fingerprint density at radius 2 is 1.92 bits per heavy atom. The first-order valence-corrected chi connectivity index (χ1v) is 12.4. The van der Waals surface area contributed by atoms with Crippen LogP contribution in [0.3, 0.4) is 0 Å². The number of carbonyl (C=O) groups is 2. The standard InChI is InChI=1S/C25H28F3N7O4/c26-25(27,28)23-19(15-32-33-24(23)37)39-20(18-3-6-30-7-4-18)16-38-12-5-22(36)35-10-8-34(9-11-35)21-2-1-17(13-29)14-31-21/h1-4,6-7,14,19-20,23,32H,5,8-12,15-16H2,(H,33,37)/t19?,20-,23?/m1/s1. The second-order valence-corrected chi connectivity index (χ2v) is 9.04. The van der Waals surface area contributed by atoms with E-state index in [2.05, 4.69) is 15.4 Å². The summed E-state index contributed by atoms with van der Waals surface area (Å²) in [5, 5.41) is 8.91. The number of hydrogen-bond acceptors (Lipinski definition) is 9. The summed E-state index contributed by atoms with van der Waals surface area (Å²) in [6.07, 6.45) is -2.59. The Morgan fingerprint density at radius 3 is 2.56 bits per heavy atom. The Bertz CT molecular complexity index is 1150. The highest BCUT2D eigenvalue weighted by Gasteiger charge is 2.52. The number of ether oxygens (including phenoxy) is 2. The van der Waals surface area contributed by atoms with Gasteiger partial charge >= 0.3 is 6.18 Å². The summed E-state index contributed by atoms with van der Waals surface area (Å²) in [6.45, 7) is 1.88. The van der Waals surface area contributed by atoms with Gasteiger partial charge in [-0.05, 0) is 29.8 Å². The second-order valence-electron chi connectivity index (χ2n) is 9.04. The predicted molar refractivity (Wildman–Crippen MR) is 131 cm³/mol. The van der Waals surface area contributed by atoms with E-state index in [9.17, 15) is 22.8 Å². The lowest BCUT2D eigenvalue weighted by atomic mass is 9.98. The third-order valence-electron chi connectivity index (χ3n) is 6.50. The van der Waals surface area contributed by atoms with E-state index < -0.39 is 30.2 Å². The topological polar surface area (TPSA) is 133 Å². The molecular formula is C25H28F3N7O4. The summed E-state index contributed by atoms with van der Waals surface area (Å²) in [4.78, 5) is 36.6. The van der Waals surface area contributed by atoms with Crippen LogP contribution in [0, 0.1) is 17.2 Å². The summed E-state index contributed by atoms with van der Waals surface area (Å²) in [6, 6.07) is 8.70. The van der Waals surface area contributed by atoms with Crippen molar-refractivity contribution in [3.05, 3.63) is 54.0 Å². The summed E-state index contributed by atoms with van der Waals surface area (Å²) in [7, 11) is 0. The molecule has 4 heterocycles. The molecule has 2 aliphatic heterocycles. The quantitative estimate of drug-likeness (QED) is 0.447. The number of amides is 2. The number of anilines is 1. The summed E-state index contributed by atoms with van der Waals surface area (Å²) >= 11 is 0. The Labute approximate surface area is 222 Å². The number of hydrogen-bond donors (Lipinski definition) is 2. The highest BCUT2D eigenvalue weighted by Crippen LogP contribution is 2.34. The van der Waals surface area contributed by atoms with Crippen molar-refractivity contribution < 1.29 is 32.2 Å². The lowest BCUT2D eigenvalue weighted by Gasteiger charge is -2.35. The maximum absolute atomic E-state index is 13.5. The third-order valence-corrected chi connectivity index (χ3v) is 6.50. The largest absolute Gasteiger partial charge is 0.403 e. The van der Waals surface area contributed by atoms with Crippen LogP contribution in [0.25, 0.3) is 0 Å². The number of piperazine rings is 1. The lowest BCUT2D eigenvalue weighted by molar-refractivity contribution is -0.221. The second kappa shape index (κ2) is 12.8. The normalized spacial score (nSPS) is 20.7. The van der Waals surface area contributed by atoms with Crippen LogP contribution in [-0.2, 0) is 19.1 Å². The van der Waals surface area contributed by atoms with Crippen molar-refractivity contribution in [1.82, 2.24) is 25.7 Å². The molecule has 39 heavy (non-hydrogen) atoms. The smallest absolute Gasteiger partial charge is 0.378 e. The monoisotopic (exact) mass is 547 g/mol. The number of rotatable bonds is 9. The summed E-state index contributed by atoms with van der Waals surface area (Å²) in [5.41, 5.74) is 5.45. The van der Waals surface area contributed by atoms with Gasteiger partial charge in [-0.2, -0.15) is 18.4 Å². The zero-order valence-corrected chi connectivity index (χ0v) is 20.9. The number of carbonyl (C=O) groups excluding carboxylic acids is 2. The van der Waals surface area contributed by atoms with E-state index >= 15 is 0 Å². The van der Waals surface area contributed by atoms with Crippen molar-refractivity contribution in [2.24, 2.45) is 5.92 Å². The van der Waals surface area contributed by atoms with Crippen molar-refractivity contribution in [1.29, 1.82) is 5.26 Å². The number of hydrazine groups is 1. The minimum atomic E-state index is -4.78. The molecule has 2 saturated heterocycles. The molecule has 14 heteroatoms. The fraction of sp³-hybridized carbons (Fsp3) is 0.480. The average molecular weight is 548 g/mol. The molecule has 0 spiro atoms. The first-order chi connectivity index (χ1) is 18.8. The van der Waals surface area contributed by atoms with E-state index in [0.29, 0.717) is 37.3 Å². The van der Waals surface area contributed by atoms with Gasteiger partial charge in [-0.1, -0.05) is 0 Å². The maximum Gasteiger partial charge on any atom is 0.403 e. The molecule has 0 bridgehead atoms. The van der Waals surface area contributed by atoms with Gasteiger partial charge in [0.1, 0.15) is 18.0 Å². The summed E-state index contributed by atoms with van der Waals surface area (Å²) in [5.74, 6) is -2.91. The molecule has 208 valence electrons. The van der Waals surface area contributed by atoms with Gasteiger partial charge in [0.15, 0.2) is 5.92 Å². The first-order valence-electron chi connectivity index (χ1n) is 12.4. The van der Waals surface area contributed by atoms with Gasteiger partial charge in [0.2, 0.25) is 11.8 Å². The zero-order chi connectivity index (χ0) is 27.8. The van der Waals surface area contributed by atoms with E-state index in [1.807, 2.05) is 16.4 Å². The van der Waals surface area contributed by atoms with Crippen LogP contribution in [0.5, 0.6) is 0 Å². The molecule has 2 unspecified atom stereocenters. The molecule has 0 aliphatic carbocycles. The van der Waals surface area contributed by atoms with Gasteiger partial charge in [-0.15, -0.1) is 0 Å². The molecule has 0 radical (unpaired) electrons. The number of pyridine rings is 2. The van der Waals surface area contributed by atoms with Gasteiger partial charge in [-0.3, -0.25) is 20.0 Å². The molecule has 2 N–H and O–H groups in total. The van der Waals surface area contributed by atoms with Crippen LogP contribution in [0.2, 0.25) is 0 Å². The highest BCUT2D eigenvalue weighted by molar-refractivity contribution is 5.80. The number of alkyl halides is 3. The number of nitriles is 1. The molecule has 0 aromatic carbocycles. The van der Waals surface area contributed by atoms with Gasteiger partial charge in [-0.25, -0.2) is 10.4 Å². The molecule has 0 saturated carbocycles. The van der Waals surface area contributed by atoms with Crippen LogP contribution < -0.4 is 15.8 Å². The van der Waals surface area contributed by atoms with Crippen molar-refractivity contribution in [2.45, 2.75) is 24.8 Å². The fourth-order valence-electron chi connectivity index (χ4n) is 4.42. The minimum absolute atomic E-state index is 0.0489. The van der Waals surface area contributed by atoms with Gasteiger partial charge in [0.05, 0.1) is 31.3 Å². The number of aromatic nitrogens is 2. The van der Waals surface area contributed by atoms with Crippen molar-refractivity contribution in [3.63, 3.8) is 0 Å². The molecule has 2 fully saturated rings. The van der Waals surface area contributed by atoms with Gasteiger partial charge in [0.25, 0.3) is 0 Å². The SMILES string of the molecule is N#Cc1ccc(N2CCN(C(=O)CCOC[C@@H](OC3CNNC(=O)C3C(F)(F)F)c3ccncc3)CC2)nc1. The molecule has 2 aromatic rings. The van der Waals surface area contributed by atoms with Crippen molar-refractivity contribution >= 4 is 17.6 Å². The Balaban J connectivity index is 1.27. The Morgan fingerprint density at radius 1 is 1.18 bits per heavy atom. The van der Waals surface area contributed by atoms with E-state index in [4.69, 9.17) is 14.7 Å². The highest BCUT2D eigenvalue weighted by atomic mass is 19.4. The minimum Gasteiger partial charge on any atom is -0.378 e. The average Bonchev–Trinajstić information content (AvgIpc) is 2.94. The van der Waals surface area contributed by atoms with Crippen molar-refractivity contribution in [3.8, 4) is 6.07 Å². The first kappa shape index (κ1) is 28.2. The molecular weight excluding hydrogens is 519 g/mol. The van der Waals surface area contributed by atoms with E-state index in [0.717, 1.165) is 5.82 Å². The summed E-state index contributed by atoms with van der Waals surface area (Å²) < 4.78 is 52.1. The molecule has 3 atom stereocenters. The van der Waals surface area contributed by atoms with E-state index in [-0.39, 0.29) is 32.1 Å². The Hall–Kier alpha value is -3.80. The van der Waals surface area contributed by atoms with Gasteiger partial charge in [0, 0.05) is 51.3 Å². The van der Waals surface area contributed by atoms with Crippen LogP contribution in [-0.4, -0.2) is 84.9 Å². The van der Waals surface area contributed by atoms with Crippen LogP contribution in [0.4, 0.5) is 19.0 Å². The molecule has 2 aromatic heterocycles. The van der Waals surface area contributed by atoms with Gasteiger partial charge < -0.3 is 19.3 Å².